The fourth-order valence-electron chi connectivity index (χ4n) is 0.749. The van der Waals surface area contributed by atoms with Crippen LogP contribution in [-0.4, -0.2) is 11.0 Å². The molecule has 0 aliphatic carbocycles. The van der Waals surface area contributed by atoms with Gasteiger partial charge in [0.05, 0.1) is 0 Å². The number of hydrogen-bond donors (Lipinski definition) is 0. The van der Waals surface area contributed by atoms with Gasteiger partial charge in [-0.3, -0.25) is 9.78 Å². The Labute approximate surface area is 77.2 Å². The van der Waals surface area contributed by atoms with Crippen molar-refractivity contribution in [1.29, 1.82) is 0 Å². The number of carbonyl (C=O) groups is 1. The molecule has 0 N–H and O–H groups in total. The molecule has 0 fully saturated rings. The first kappa shape index (κ1) is 10.9. The summed E-state index contributed by atoms with van der Waals surface area (Å²) in [5.41, 5.74) is 0.837. The van der Waals surface area contributed by atoms with E-state index in [4.69, 9.17) is 4.74 Å². The number of ether oxygens (including phenoxy) is 1. The molecule has 0 saturated heterocycles. The Bertz CT molecular complexity index is 276. The second kappa shape index (κ2) is 4.72. The van der Waals surface area contributed by atoms with Crippen molar-refractivity contribution in [2.45, 2.75) is 13.8 Å². The molecule has 0 amide bonds. The molecule has 12 heavy (non-hydrogen) atoms. The van der Waals surface area contributed by atoms with Gasteiger partial charge in [-0.1, -0.05) is 0 Å². The van der Waals surface area contributed by atoms with Crippen LogP contribution >= 0.6 is 12.4 Å². The zero-order valence-corrected chi connectivity index (χ0v) is 7.72. The molecule has 1 heterocycles. The first-order chi connectivity index (χ1) is 5.18. The van der Waals surface area contributed by atoms with Crippen LogP contribution in [-0.2, 0) is 4.79 Å². The molecule has 0 bridgehead atoms. The third-order valence-electron chi connectivity index (χ3n) is 1.13. The lowest BCUT2D eigenvalue weighted by atomic mass is 10.4. The van der Waals surface area contributed by atoms with Gasteiger partial charge in [-0.2, -0.15) is 0 Å². The van der Waals surface area contributed by atoms with Gasteiger partial charge in [-0.15, -0.1) is 12.4 Å². The minimum atomic E-state index is -0.310. The Hall–Kier alpha value is -1.09. The molecule has 3 nitrogen and oxygen atoms in total. The van der Waals surface area contributed by atoms with E-state index in [9.17, 15) is 4.79 Å². The molecule has 0 spiro atoms. The molecule has 4 heteroatoms. The highest BCUT2D eigenvalue weighted by molar-refractivity contribution is 5.85. The molecule has 0 saturated carbocycles. The highest BCUT2D eigenvalue weighted by atomic mass is 35.5. The summed E-state index contributed by atoms with van der Waals surface area (Å²) in [5.74, 6) is 0.237. The Morgan fingerprint density at radius 2 is 2.25 bits per heavy atom. The van der Waals surface area contributed by atoms with E-state index in [1.54, 1.807) is 18.3 Å². The van der Waals surface area contributed by atoms with Crippen molar-refractivity contribution in [3.05, 3.63) is 24.0 Å². The second-order valence-electron chi connectivity index (χ2n) is 2.23. The van der Waals surface area contributed by atoms with Crippen molar-refractivity contribution in [3.63, 3.8) is 0 Å². The van der Waals surface area contributed by atoms with E-state index in [1.807, 2.05) is 6.92 Å². The van der Waals surface area contributed by atoms with Crippen molar-refractivity contribution in [3.8, 4) is 5.75 Å². The monoisotopic (exact) mass is 187 g/mol. The van der Waals surface area contributed by atoms with Gasteiger partial charge in [0.1, 0.15) is 5.75 Å². The zero-order valence-electron chi connectivity index (χ0n) is 6.90. The minimum Gasteiger partial charge on any atom is -0.427 e. The van der Waals surface area contributed by atoms with E-state index in [1.165, 1.54) is 6.92 Å². The number of carbonyl (C=O) groups excluding carboxylic acids is 1. The molecule has 0 aliphatic heterocycles. The van der Waals surface area contributed by atoms with Crippen LogP contribution in [0.3, 0.4) is 0 Å². The molecular weight excluding hydrogens is 178 g/mol. The number of aromatic nitrogens is 1. The quantitative estimate of drug-likeness (QED) is 0.629. The number of nitrogens with zero attached hydrogens (tertiary/aromatic N) is 1. The van der Waals surface area contributed by atoms with E-state index in [-0.39, 0.29) is 18.4 Å². The van der Waals surface area contributed by atoms with Gasteiger partial charge in [0.25, 0.3) is 0 Å². The van der Waals surface area contributed by atoms with Crippen molar-refractivity contribution in [2.24, 2.45) is 0 Å². The Kier molecular flexibility index (Phi) is 4.29. The normalized spacial score (nSPS) is 8.50. The number of aryl methyl sites for hydroxylation is 1. The fraction of sp³-hybridized carbons (Fsp3) is 0.250. The van der Waals surface area contributed by atoms with Gasteiger partial charge in [0.2, 0.25) is 0 Å². The van der Waals surface area contributed by atoms with Crippen LogP contribution in [0, 0.1) is 6.92 Å². The molecule has 0 aromatic carbocycles. The van der Waals surface area contributed by atoms with Crippen LogP contribution in [0.4, 0.5) is 0 Å². The summed E-state index contributed by atoms with van der Waals surface area (Å²) in [7, 11) is 0. The molecule has 66 valence electrons. The summed E-state index contributed by atoms with van der Waals surface area (Å²) in [4.78, 5) is 14.4. The van der Waals surface area contributed by atoms with E-state index >= 15 is 0 Å². The SMILES string of the molecule is CC(=O)Oc1ccnc(C)c1.Cl. The smallest absolute Gasteiger partial charge is 0.308 e. The summed E-state index contributed by atoms with van der Waals surface area (Å²) in [5, 5.41) is 0. The maximum absolute atomic E-state index is 10.5. The summed E-state index contributed by atoms with van der Waals surface area (Å²) >= 11 is 0. The molecule has 1 rings (SSSR count). The van der Waals surface area contributed by atoms with E-state index in [0.717, 1.165) is 5.69 Å². The predicted molar refractivity (Wildman–Crippen MR) is 47.5 cm³/mol. The van der Waals surface area contributed by atoms with Crippen LogP contribution in [0.25, 0.3) is 0 Å². The fourth-order valence-corrected chi connectivity index (χ4v) is 0.749. The summed E-state index contributed by atoms with van der Waals surface area (Å²) in [6.45, 7) is 3.21. The zero-order chi connectivity index (χ0) is 8.27. The van der Waals surface area contributed by atoms with Crippen LogP contribution in [0.5, 0.6) is 5.75 Å². The van der Waals surface area contributed by atoms with Gasteiger partial charge in [0, 0.05) is 24.9 Å². The Morgan fingerprint density at radius 1 is 1.58 bits per heavy atom. The molecule has 1 aromatic rings. The second-order valence-corrected chi connectivity index (χ2v) is 2.23. The third kappa shape index (κ3) is 3.34. The maximum Gasteiger partial charge on any atom is 0.308 e. The minimum absolute atomic E-state index is 0. The molecule has 0 radical (unpaired) electrons. The van der Waals surface area contributed by atoms with E-state index < -0.39 is 0 Å². The van der Waals surface area contributed by atoms with Crippen molar-refractivity contribution in [1.82, 2.24) is 4.98 Å². The topological polar surface area (TPSA) is 39.2 Å². The maximum atomic E-state index is 10.5. The molecule has 1 aromatic heterocycles. The third-order valence-corrected chi connectivity index (χ3v) is 1.13. The molecule has 0 aliphatic rings. The highest BCUT2D eigenvalue weighted by Crippen LogP contribution is 2.09. The average molecular weight is 188 g/mol. The number of halogens is 1. The van der Waals surface area contributed by atoms with Gasteiger partial charge >= 0.3 is 5.97 Å². The average Bonchev–Trinajstić information content (AvgIpc) is 1.85. The van der Waals surface area contributed by atoms with Crippen molar-refractivity contribution in [2.75, 3.05) is 0 Å². The molecule has 0 unspecified atom stereocenters. The first-order valence-electron chi connectivity index (χ1n) is 3.29. The Balaban J connectivity index is 0.00000121. The number of hydrogen-bond acceptors (Lipinski definition) is 3. The first-order valence-corrected chi connectivity index (χ1v) is 3.29. The van der Waals surface area contributed by atoms with Crippen LogP contribution < -0.4 is 4.74 Å². The number of esters is 1. The van der Waals surface area contributed by atoms with Gasteiger partial charge in [-0.25, -0.2) is 0 Å². The summed E-state index contributed by atoms with van der Waals surface area (Å²) in [6, 6.07) is 3.36. The van der Waals surface area contributed by atoms with E-state index in [0.29, 0.717) is 5.75 Å². The van der Waals surface area contributed by atoms with Gasteiger partial charge in [-0.05, 0) is 13.0 Å². The highest BCUT2D eigenvalue weighted by Gasteiger charge is 1.96. The standard InChI is InChI=1S/C8H9NO2.ClH/c1-6-5-8(3-4-9-6)11-7(2)10;/h3-5H,1-2H3;1H. The van der Waals surface area contributed by atoms with Gasteiger partial charge in [0.15, 0.2) is 0 Å². The molecule has 0 atom stereocenters. The Morgan fingerprint density at radius 3 is 2.75 bits per heavy atom. The predicted octanol–water partition coefficient (Wildman–Crippen LogP) is 1.74. The molecular formula is C8H10ClNO2. The van der Waals surface area contributed by atoms with Gasteiger partial charge < -0.3 is 4.74 Å². The van der Waals surface area contributed by atoms with Crippen molar-refractivity contribution >= 4 is 18.4 Å². The summed E-state index contributed by atoms with van der Waals surface area (Å²) < 4.78 is 4.82. The van der Waals surface area contributed by atoms with Crippen LogP contribution in [0.2, 0.25) is 0 Å². The number of rotatable bonds is 1. The van der Waals surface area contributed by atoms with E-state index in [2.05, 4.69) is 4.98 Å². The lowest BCUT2D eigenvalue weighted by Crippen LogP contribution is -2.01. The lowest BCUT2D eigenvalue weighted by molar-refractivity contribution is -0.131. The lowest BCUT2D eigenvalue weighted by Gasteiger charge is -1.99. The number of pyridine rings is 1. The summed E-state index contributed by atoms with van der Waals surface area (Å²) in [6.07, 6.45) is 1.60. The van der Waals surface area contributed by atoms with Crippen molar-refractivity contribution < 1.29 is 9.53 Å². The van der Waals surface area contributed by atoms with Crippen LogP contribution in [0.15, 0.2) is 18.3 Å². The largest absolute Gasteiger partial charge is 0.427 e. The van der Waals surface area contributed by atoms with Crippen LogP contribution in [0.1, 0.15) is 12.6 Å².